The fourth-order valence-corrected chi connectivity index (χ4v) is 13.7. The molecule has 0 heterocycles. The molecule has 0 aliphatic heterocycles. The standard InChI is InChI=1S/C44H60O4SSi/c1-6-8-16-31-38-39(45)34-40(48-50(44(3,4)5,36-27-19-14-20-28-36)37-29-21-15-22-30-37)43(38)41(49-35-25-17-13-18-26-35)32-23-11-9-10-12-24-33-42(46)47-7-2/h9-10,13-15,17-23,25-30,32,38-41,43,45H,6-8,11-12,16,24,31,33-34H2,1-5H3/b10-9-,32-23-/t38-,39-,40+,41-,43+/m1/s1. The van der Waals surface area contributed by atoms with Crippen LogP contribution in [-0.2, 0) is 14.0 Å². The minimum atomic E-state index is -2.85. The largest absolute Gasteiger partial charge is 0.466 e. The van der Waals surface area contributed by atoms with Crippen LogP contribution in [-0.4, -0.2) is 43.5 Å². The Balaban J connectivity index is 1.71. The summed E-state index contributed by atoms with van der Waals surface area (Å²) in [4.78, 5) is 12.9. The fourth-order valence-electron chi connectivity index (χ4n) is 7.62. The number of aliphatic hydroxyl groups excluding tert-OH is 1. The second-order valence-electron chi connectivity index (χ2n) is 14.6. The third-order valence-corrected chi connectivity index (χ3v) is 16.3. The van der Waals surface area contributed by atoms with E-state index < -0.39 is 14.4 Å². The molecule has 4 rings (SSSR count). The molecule has 0 saturated heterocycles. The molecule has 1 aliphatic rings. The van der Waals surface area contributed by atoms with Gasteiger partial charge >= 0.3 is 5.97 Å². The van der Waals surface area contributed by atoms with Crippen molar-refractivity contribution in [3.05, 3.63) is 115 Å². The van der Waals surface area contributed by atoms with Crippen molar-refractivity contribution >= 4 is 36.4 Å². The van der Waals surface area contributed by atoms with Crippen molar-refractivity contribution in [3.63, 3.8) is 0 Å². The lowest BCUT2D eigenvalue weighted by molar-refractivity contribution is -0.143. The molecule has 4 nitrogen and oxygen atoms in total. The number of thioether (sulfide) groups is 1. The summed E-state index contributed by atoms with van der Waals surface area (Å²) in [7, 11) is -2.85. The third-order valence-electron chi connectivity index (χ3n) is 9.99. The predicted octanol–water partition coefficient (Wildman–Crippen LogP) is 9.91. The minimum Gasteiger partial charge on any atom is -0.466 e. The number of rotatable bonds is 19. The Labute approximate surface area is 307 Å². The number of benzene rings is 3. The van der Waals surface area contributed by atoms with Crippen molar-refractivity contribution in [2.24, 2.45) is 11.8 Å². The van der Waals surface area contributed by atoms with Crippen LogP contribution in [0.2, 0.25) is 5.04 Å². The van der Waals surface area contributed by atoms with Gasteiger partial charge in [-0.05, 0) is 72.5 Å². The van der Waals surface area contributed by atoms with Crippen molar-refractivity contribution in [1.82, 2.24) is 0 Å². The van der Waals surface area contributed by atoms with Crippen LogP contribution in [0.15, 0.2) is 120 Å². The van der Waals surface area contributed by atoms with Gasteiger partial charge in [0.25, 0.3) is 8.32 Å². The van der Waals surface area contributed by atoms with Crippen molar-refractivity contribution in [1.29, 1.82) is 0 Å². The number of esters is 1. The summed E-state index contributed by atoms with van der Waals surface area (Å²) < 4.78 is 12.9. The Bertz CT molecular complexity index is 1410. The van der Waals surface area contributed by atoms with Gasteiger partial charge in [0.2, 0.25) is 0 Å². The molecule has 3 aromatic rings. The van der Waals surface area contributed by atoms with E-state index in [0.717, 1.165) is 38.5 Å². The van der Waals surface area contributed by atoms with Gasteiger partial charge in [0.15, 0.2) is 0 Å². The number of unbranched alkanes of at least 4 members (excludes halogenated alkanes) is 3. The van der Waals surface area contributed by atoms with E-state index in [-0.39, 0.29) is 34.2 Å². The van der Waals surface area contributed by atoms with Gasteiger partial charge in [0.05, 0.1) is 18.8 Å². The molecule has 1 fully saturated rings. The quantitative estimate of drug-likeness (QED) is 0.0441. The first-order chi connectivity index (χ1) is 24.2. The number of allylic oxidation sites excluding steroid dienone is 3. The van der Waals surface area contributed by atoms with Gasteiger partial charge < -0.3 is 14.3 Å². The Morgan fingerprint density at radius 3 is 2.08 bits per heavy atom. The number of hydrogen-bond donors (Lipinski definition) is 1. The van der Waals surface area contributed by atoms with Gasteiger partial charge in [-0.15, -0.1) is 11.8 Å². The molecule has 0 radical (unpaired) electrons. The average molecular weight is 713 g/mol. The van der Waals surface area contributed by atoms with Gasteiger partial charge in [-0.25, -0.2) is 0 Å². The second-order valence-corrected chi connectivity index (χ2v) is 20.1. The van der Waals surface area contributed by atoms with E-state index in [1.54, 1.807) is 0 Å². The van der Waals surface area contributed by atoms with Crippen LogP contribution in [0.5, 0.6) is 0 Å². The summed E-state index contributed by atoms with van der Waals surface area (Å²) >= 11 is 1.90. The van der Waals surface area contributed by atoms with Crippen LogP contribution >= 0.6 is 11.8 Å². The number of hydrogen-bond acceptors (Lipinski definition) is 5. The normalized spacial score (nSPS) is 20.4. The molecule has 270 valence electrons. The van der Waals surface area contributed by atoms with Gasteiger partial charge in [-0.1, -0.05) is 150 Å². The zero-order valence-electron chi connectivity index (χ0n) is 31.0. The maximum Gasteiger partial charge on any atom is 0.305 e. The van der Waals surface area contributed by atoms with Crippen LogP contribution < -0.4 is 10.4 Å². The van der Waals surface area contributed by atoms with Crippen molar-refractivity contribution < 1.29 is 19.1 Å². The molecular formula is C44H60O4SSi. The van der Waals surface area contributed by atoms with E-state index in [2.05, 4.69) is 143 Å². The van der Waals surface area contributed by atoms with Crippen LogP contribution in [0.1, 0.15) is 92.4 Å². The molecule has 1 N–H and O–H groups in total. The highest BCUT2D eigenvalue weighted by molar-refractivity contribution is 8.00. The number of carbonyl (C=O) groups excluding carboxylic acids is 1. The molecule has 1 saturated carbocycles. The van der Waals surface area contributed by atoms with Crippen LogP contribution in [0, 0.1) is 11.8 Å². The fraction of sp³-hybridized carbons (Fsp3) is 0.477. The smallest absolute Gasteiger partial charge is 0.305 e. The van der Waals surface area contributed by atoms with Crippen molar-refractivity contribution in [3.8, 4) is 0 Å². The maximum absolute atomic E-state index is 11.9. The molecular weight excluding hydrogens is 653 g/mol. The SMILES string of the molecule is CCCCC[C@H]1[C@H]([C@@H](/C=C\C/C=C\CCCC(=O)OCC)Sc2ccccc2)[C@@H](O[Si](c2ccccc2)(c2ccccc2)C(C)(C)C)C[C@H]1O. The van der Waals surface area contributed by atoms with Crippen molar-refractivity contribution in [2.45, 2.75) is 120 Å². The van der Waals surface area contributed by atoms with Crippen LogP contribution in [0.3, 0.4) is 0 Å². The van der Waals surface area contributed by atoms with E-state index in [1.165, 1.54) is 21.7 Å². The van der Waals surface area contributed by atoms with E-state index in [0.29, 0.717) is 19.4 Å². The lowest BCUT2D eigenvalue weighted by Crippen LogP contribution is -2.68. The molecule has 0 amide bonds. The van der Waals surface area contributed by atoms with E-state index in [9.17, 15) is 9.90 Å². The topological polar surface area (TPSA) is 55.8 Å². The lowest BCUT2D eigenvalue weighted by atomic mass is 9.86. The molecule has 0 bridgehead atoms. The molecule has 5 atom stereocenters. The first-order valence-electron chi connectivity index (χ1n) is 18.9. The Kier molecular flexibility index (Phi) is 16.1. The van der Waals surface area contributed by atoms with E-state index in [1.807, 2.05) is 18.7 Å². The molecule has 3 aromatic carbocycles. The second kappa shape index (κ2) is 20.2. The summed E-state index contributed by atoms with van der Waals surface area (Å²) in [6.45, 7) is 11.5. The highest BCUT2D eigenvalue weighted by Crippen LogP contribution is 2.48. The van der Waals surface area contributed by atoms with Gasteiger partial charge in [-0.2, -0.15) is 0 Å². The minimum absolute atomic E-state index is 0.104. The Hall–Kier alpha value is -2.90. The molecule has 1 aliphatic carbocycles. The summed E-state index contributed by atoms with van der Waals surface area (Å²) in [5, 5.41) is 14.4. The van der Waals surface area contributed by atoms with E-state index in [4.69, 9.17) is 9.16 Å². The monoisotopic (exact) mass is 712 g/mol. The summed E-state index contributed by atoms with van der Waals surface area (Å²) in [6.07, 6.45) is 16.5. The van der Waals surface area contributed by atoms with Crippen LogP contribution in [0.4, 0.5) is 0 Å². The molecule has 0 aromatic heterocycles. The van der Waals surface area contributed by atoms with Gasteiger partial charge in [0, 0.05) is 22.5 Å². The lowest BCUT2D eigenvalue weighted by Gasteiger charge is -2.46. The Morgan fingerprint density at radius 2 is 1.50 bits per heavy atom. The van der Waals surface area contributed by atoms with E-state index >= 15 is 0 Å². The zero-order chi connectivity index (χ0) is 35.8. The van der Waals surface area contributed by atoms with Gasteiger partial charge in [-0.3, -0.25) is 4.79 Å². The first-order valence-corrected chi connectivity index (χ1v) is 21.7. The average Bonchev–Trinajstić information content (AvgIpc) is 3.42. The highest BCUT2D eigenvalue weighted by atomic mass is 32.2. The number of ether oxygens (including phenoxy) is 1. The zero-order valence-corrected chi connectivity index (χ0v) is 32.8. The number of carbonyl (C=O) groups is 1. The molecule has 0 unspecified atom stereocenters. The molecule has 0 spiro atoms. The molecule has 6 heteroatoms. The summed E-state index contributed by atoms with van der Waals surface area (Å²) in [5.41, 5.74) is 0. The van der Waals surface area contributed by atoms with Crippen molar-refractivity contribution in [2.75, 3.05) is 6.61 Å². The summed E-state index contributed by atoms with van der Waals surface area (Å²) in [6, 6.07) is 32.5. The highest BCUT2D eigenvalue weighted by Gasteiger charge is 2.55. The number of aliphatic hydroxyl groups is 1. The third kappa shape index (κ3) is 10.8. The predicted molar refractivity (Wildman–Crippen MR) is 214 cm³/mol. The maximum atomic E-state index is 11.9. The first kappa shape index (κ1) is 39.9. The molecule has 50 heavy (non-hydrogen) atoms. The Morgan fingerprint density at radius 1 is 0.880 bits per heavy atom. The summed E-state index contributed by atoms with van der Waals surface area (Å²) in [5.74, 6) is 0.163. The van der Waals surface area contributed by atoms with Crippen LogP contribution in [0.25, 0.3) is 0 Å². The van der Waals surface area contributed by atoms with Gasteiger partial charge in [0.1, 0.15) is 0 Å².